The number of aryl methyl sites for hydroxylation is 4. The van der Waals surface area contributed by atoms with Crippen LogP contribution in [0.3, 0.4) is 0 Å². The number of alkyl carbamates (subject to hydrolysis) is 2. The first kappa shape index (κ1) is 39.1. The molecule has 4 aliphatic rings. The molecule has 2 aromatic carbocycles. The van der Waals surface area contributed by atoms with Crippen LogP contribution in [-0.4, -0.2) is 71.3 Å². The zero-order valence-corrected chi connectivity index (χ0v) is 32.9. The molecule has 4 atom stereocenters. The van der Waals surface area contributed by atoms with E-state index in [4.69, 9.17) is 20.9 Å². The zero-order valence-electron chi connectivity index (χ0n) is 32.9. The Labute approximate surface area is 309 Å². The number of amides is 3. The predicted octanol–water partition coefficient (Wildman–Crippen LogP) is 5.90. The minimum atomic E-state index is -0.584. The summed E-state index contributed by atoms with van der Waals surface area (Å²) in [5, 5.41) is 5.79. The molecule has 1 fully saturated rings. The van der Waals surface area contributed by atoms with Crippen molar-refractivity contribution in [2.45, 2.75) is 124 Å². The van der Waals surface area contributed by atoms with Crippen molar-refractivity contribution in [1.29, 1.82) is 0 Å². The number of nitrogens with two attached hydrogens (primary N) is 2. The Bertz CT molecular complexity index is 1740. The molecule has 11 nitrogen and oxygen atoms in total. The number of benzene rings is 2. The van der Waals surface area contributed by atoms with Gasteiger partial charge in [-0.25, -0.2) is 9.59 Å². The number of nitrogens with one attached hydrogen (secondary N) is 2. The van der Waals surface area contributed by atoms with Gasteiger partial charge in [0.1, 0.15) is 11.2 Å². The van der Waals surface area contributed by atoms with Crippen LogP contribution >= 0.6 is 0 Å². The van der Waals surface area contributed by atoms with Gasteiger partial charge in [-0.3, -0.25) is 19.9 Å². The summed E-state index contributed by atoms with van der Waals surface area (Å²) in [5.74, 6) is -0.790. The lowest BCUT2D eigenvalue weighted by molar-refractivity contribution is -0.125. The van der Waals surface area contributed by atoms with Gasteiger partial charge in [0.15, 0.2) is 0 Å². The van der Waals surface area contributed by atoms with Gasteiger partial charge in [0, 0.05) is 62.1 Å². The highest BCUT2D eigenvalue weighted by Gasteiger charge is 2.42. The Morgan fingerprint density at radius 3 is 1.79 bits per heavy atom. The summed E-state index contributed by atoms with van der Waals surface area (Å²) in [6.07, 6.45) is 2.46. The predicted molar refractivity (Wildman–Crippen MR) is 204 cm³/mol. The Morgan fingerprint density at radius 1 is 0.750 bits per heavy atom. The van der Waals surface area contributed by atoms with Gasteiger partial charge in [-0.2, -0.15) is 0 Å². The lowest BCUT2D eigenvalue weighted by atomic mass is 9.79. The average Bonchev–Trinajstić information content (AvgIpc) is 3.01. The third-order valence-electron chi connectivity index (χ3n) is 10.7. The highest BCUT2D eigenvalue weighted by atomic mass is 16.6. The van der Waals surface area contributed by atoms with Gasteiger partial charge in [-0.05, 0) is 133 Å². The molecule has 0 radical (unpaired) electrons. The number of hydrogen-bond acceptors (Lipinski definition) is 8. The number of rotatable bonds is 3. The van der Waals surface area contributed by atoms with Crippen LogP contribution in [0.5, 0.6) is 0 Å². The van der Waals surface area contributed by atoms with Gasteiger partial charge in [0.05, 0.1) is 5.92 Å². The van der Waals surface area contributed by atoms with Crippen molar-refractivity contribution in [2.75, 3.05) is 26.2 Å². The molecule has 0 saturated carbocycles. The van der Waals surface area contributed by atoms with Crippen molar-refractivity contribution in [1.82, 2.24) is 20.4 Å². The summed E-state index contributed by atoms with van der Waals surface area (Å²) in [6.45, 7) is 22.8. The van der Waals surface area contributed by atoms with Crippen molar-refractivity contribution >= 4 is 18.1 Å². The molecule has 0 unspecified atom stereocenters. The van der Waals surface area contributed by atoms with Crippen LogP contribution in [0, 0.1) is 33.6 Å². The van der Waals surface area contributed by atoms with Crippen LogP contribution in [0.25, 0.3) is 0 Å². The second-order valence-electron chi connectivity index (χ2n) is 17.1. The fourth-order valence-electron chi connectivity index (χ4n) is 7.89. The molecular formula is C41H60N6O5. The number of piperidine rings is 1. The van der Waals surface area contributed by atoms with E-state index >= 15 is 0 Å². The second kappa shape index (κ2) is 15.1. The standard InChI is InChI=1S/C21H31N3O3.C20H29N3O2/c1-12-8-14-6-7-24-11-16(19(22)25)17(23-20(26)27-21(3,4)5)10-18(24)15(14)9-13(12)2;1-12-8-14-6-7-23-11-16(21)17(22-19(24)25-20(3,4)5)10-18(23)15(14)9-13(12)2/h8-9,16-18H,6-7,10-11H2,1-5H3,(H2,22,25)(H,23,26);8-9,18H,6-7,10-11,21H2,1-5H3,(H,22,24)/t16-,17-,18-;18-/m00/s1. The van der Waals surface area contributed by atoms with E-state index in [1.54, 1.807) is 0 Å². The summed E-state index contributed by atoms with van der Waals surface area (Å²) < 4.78 is 10.8. The van der Waals surface area contributed by atoms with E-state index in [-0.39, 0.29) is 24.0 Å². The topological polar surface area (TPSA) is 152 Å². The van der Waals surface area contributed by atoms with Gasteiger partial charge in [0.25, 0.3) is 0 Å². The normalized spacial score (nSPS) is 23.1. The Kier molecular flexibility index (Phi) is 11.4. The molecule has 2 aromatic rings. The lowest BCUT2D eigenvalue weighted by Crippen LogP contribution is -2.57. The maximum absolute atomic E-state index is 12.3. The molecule has 11 heteroatoms. The van der Waals surface area contributed by atoms with Gasteiger partial charge < -0.3 is 26.3 Å². The smallest absolute Gasteiger partial charge is 0.411 e. The van der Waals surface area contributed by atoms with E-state index in [2.05, 4.69) is 72.4 Å². The summed E-state index contributed by atoms with van der Waals surface area (Å²) in [6, 6.07) is 9.27. The Morgan fingerprint density at radius 2 is 1.25 bits per heavy atom. The van der Waals surface area contributed by atoms with Crippen molar-refractivity contribution in [2.24, 2.45) is 17.4 Å². The quantitative estimate of drug-likeness (QED) is 0.307. The maximum Gasteiger partial charge on any atom is 0.411 e. The molecule has 284 valence electrons. The maximum atomic E-state index is 12.3. The van der Waals surface area contributed by atoms with Crippen LogP contribution in [0.4, 0.5) is 9.59 Å². The zero-order chi connectivity index (χ0) is 38.3. The summed E-state index contributed by atoms with van der Waals surface area (Å²) in [4.78, 5) is 41.2. The Balaban J connectivity index is 0.000000202. The minimum absolute atomic E-state index is 0.184. The highest BCUT2D eigenvalue weighted by molar-refractivity contribution is 5.79. The molecule has 0 aromatic heterocycles. The number of carbonyl (C=O) groups is 3. The molecule has 4 aliphatic heterocycles. The number of carbonyl (C=O) groups excluding carboxylic acids is 3. The number of nitrogens with zero attached hydrogens (tertiary/aromatic N) is 2. The van der Waals surface area contributed by atoms with Gasteiger partial charge in [0.2, 0.25) is 5.91 Å². The SMILES string of the molecule is Cc1cc2c(cc1C)[C@@H]1CC(NC(=O)OC(C)(C)C)=C(N)CN1CC2.Cc1cc2c(cc1C)[C@@H]1C[C@H](NC(=O)OC(C)(C)C)[C@@H](C(N)=O)CN1CC2. The fourth-order valence-corrected chi connectivity index (χ4v) is 7.89. The number of fused-ring (bicyclic) bond motifs is 6. The van der Waals surface area contributed by atoms with E-state index in [0.717, 1.165) is 37.3 Å². The van der Waals surface area contributed by atoms with Crippen molar-refractivity contribution in [3.05, 3.63) is 80.2 Å². The number of ether oxygens (including phenoxy) is 2. The molecule has 6 rings (SSSR count). The van der Waals surface area contributed by atoms with E-state index in [1.807, 2.05) is 41.5 Å². The molecule has 52 heavy (non-hydrogen) atoms. The highest BCUT2D eigenvalue weighted by Crippen LogP contribution is 2.40. The fraction of sp³-hybridized carbons (Fsp3) is 0.585. The lowest BCUT2D eigenvalue weighted by Gasteiger charge is -2.46. The van der Waals surface area contributed by atoms with Crippen LogP contribution in [0.1, 0.15) is 111 Å². The first-order chi connectivity index (χ1) is 24.2. The molecule has 0 spiro atoms. The largest absolute Gasteiger partial charge is 0.444 e. The van der Waals surface area contributed by atoms with Gasteiger partial charge in [-0.1, -0.05) is 24.3 Å². The third-order valence-corrected chi connectivity index (χ3v) is 10.7. The Hall–Kier alpha value is -4.09. The van der Waals surface area contributed by atoms with Gasteiger partial charge >= 0.3 is 12.2 Å². The van der Waals surface area contributed by atoms with Crippen LogP contribution in [-0.2, 0) is 27.1 Å². The van der Waals surface area contributed by atoms with Crippen LogP contribution in [0.15, 0.2) is 35.7 Å². The second-order valence-corrected chi connectivity index (χ2v) is 17.1. The van der Waals surface area contributed by atoms with Crippen LogP contribution in [0.2, 0.25) is 0 Å². The van der Waals surface area contributed by atoms with Crippen molar-refractivity contribution < 1.29 is 23.9 Å². The third kappa shape index (κ3) is 9.28. The molecule has 1 saturated heterocycles. The molecular weight excluding hydrogens is 656 g/mol. The molecule has 3 amide bonds. The minimum Gasteiger partial charge on any atom is -0.444 e. The molecule has 0 bridgehead atoms. The van der Waals surface area contributed by atoms with Crippen molar-refractivity contribution in [3.63, 3.8) is 0 Å². The van der Waals surface area contributed by atoms with E-state index in [0.29, 0.717) is 25.9 Å². The van der Waals surface area contributed by atoms with E-state index < -0.39 is 29.3 Å². The van der Waals surface area contributed by atoms with Crippen molar-refractivity contribution in [3.8, 4) is 0 Å². The monoisotopic (exact) mass is 716 g/mol. The van der Waals surface area contributed by atoms with Gasteiger partial charge in [-0.15, -0.1) is 0 Å². The van der Waals surface area contributed by atoms with Crippen LogP contribution < -0.4 is 22.1 Å². The summed E-state index contributed by atoms with van der Waals surface area (Å²) in [7, 11) is 0. The molecule has 6 N–H and O–H groups in total. The average molecular weight is 717 g/mol. The first-order valence-corrected chi connectivity index (χ1v) is 18.6. The molecule has 4 heterocycles. The number of hydrogen-bond donors (Lipinski definition) is 4. The number of primary amides is 1. The molecule has 0 aliphatic carbocycles. The van der Waals surface area contributed by atoms with E-state index in [9.17, 15) is 14.4 Å². The summed E-state index contributed by atoms with van der Waals surface area (Å²) >= 11 is 0. The van der Waals surface area contributed by atoms with E-state index in [1.165, 1.54) is 44.5 Å². The summed E-state index contributed by atoms with van der Waals surface area (Å²) in [5.41, 5.74) is 23.0. The first-order valence-electron chi connectivity index (χ1n) is 18.6.